The van der Waals surface area contributed by atoms with E-state index >= 15 is 4.11 Å². The Morgan fingerprint density at radius 2 is 1.81 bits per heavy atom. The number of rotatable bonds is 5. The van der Waals surface area contributed by atoms with E-state index in [2.05, 4.69) is 45.2 Å². The van der Waals surface area contributed by atoms with E-state index in [-0.39, 0.29) is 24.0 Å². The molecule has 1 N–H and O–H groups in total. The third-order valence-corrected chi connectivity index (χ3v) is 10.4. The lowest BCUT2D eigenvalue weighted by molar-refractivity contribution is -0.146. The molecule has 8 heteroatoms. The molecule has 1 saturated heterocycles. The molecule has 31 heavy (non-hydrogen) atoms. The van der Waals surface area contributed by atoms with Gasteiger partial charge in [0, 0.05) is 30.8 Å². The molecule has 1 spiro atoms. The minimum atomic E-state index is -3.16. The molecule has 0 bridgehead atoms. The van der Waals surface area contributed by atoms with Crippen LogP contribution in [-0.2, 0) is 21.7 Å². The second-order valence-corrected chi connectivity index (χ2v) is 15.2. The molecular weight excluding hydrogens is 639 g/mol. The van der Waals surface area contributed by atoms with Crippen LogP contribution in [0.2, 0.25) is 18.6 Å². The first-order valence-electron chi connectivity index (χ1n) is 10.4. The molecule has 0 unspecified atom stereocenters. The van der Waals surface area contributed by atoms with Crippen molar-refractivity contribution in [1.29, 1.82) is 0 Å². The van der Waals surface area contributed by atoms with Gasteiger partial charge in [-0.15, -0.1) is 0 Å². The third-order valence-electron chi connectivity index (χ3n) is 6.59. The van der Waals surface area contributed by atoms with Gasteiger partial charge in [0.05, 0.1) is 18.3 Å². The second-order valence-electron chi connectivity index (χ2n) is 8.96. The average molecular weight is 665 g/mol. The third kappa shape index (κ3) is 4.00. The van der Waals surface area contributed by atoms with Crippen molar-refractivity contribution in [3.05, 3.63) is 60.7 Å². The van der Waals surface area contributed by atoms with Gasteiger partial charge in [-0.3, -0.25) is 4.79 Å². The van der Waals surface area contributed by atoms with Crippen LogP contribution < -0.4 is 4.90 Å². The summed E-state index contributed by atoms with van der Waals surface area (Å²) in [6, 6.07) is 14.1. The number of aliphatic hydroxyl groups excluding tert-OH is 1. The molecule has 4 atom stereocenters. The fourth-order valence-electron chi connectivity index (χ4n) is 5.35. The minimum Gasteiger partial charge on any atom is -0.396 e. The lowest BCUT2D eigenvalue weighted by Crippen LogP contribution is -2.45. The molecule has 2 aliphatic heterocycles. The number of benzene rings is 2. The summed E-state index contributed by atoms with van der Waals surface area (Å²) in [6.07, 6.45) is -0.139. The average Bonchev–Trinajstić information content (AvgIpc) is 3.11. The van der Waals surface area contributed by atoms with E-state index in [4.69, 9.17) is 4.74 Å². The van der Waals surface area contributed by atoms with Crippen molar-refractivity contribution >= 4 is 65.2 Å². The first-order chi connectivity index (χ1) is 14.6. The maximum Gasteiger partial charge on any atom is 0.264 e. The highest BCUT2D eigenvalue weighted by Crippen LogP contribution is 2.60. The van der Waals surface area contributed by atoms with Crippen molar-refractivity contribution in [2.24, 2.45) is 5.92 Å². The Labute approximate surface area is 211 Å². The summed E-state index contributed by atoms with van der Waals surface area (Å²) in [5, 5.41) is 9.62. The van der Waals surface area contributed by atoms with Gasteiger partial charge in [-0.1, -0.05) is 19.1 Å². The fraction of sp³-hybridized carbons (Fsp3) is 0.435. The highest BCUT2D eigenvalue weighted by molar-refractivity contribution is 14.1. The Bertz CT molecular complexity index is 997. The quantitative estimate of drug-likeness (QED) is 0.257. The van der Waals surface area contributed by atoms with Gasteiger partial charge < -0.3 is 18.9 Å². The van der Waals surface area contributed by atoms with Gasteiger partial charge in [-0.05, 0) is 101 Å². The molecule has 0 saturated carbocycles. The van der Waals surface area contributed by atoms with Crippen LogP contribution in [0.15, 0.2) is 42.5 Å². The largest absolute Gasteiger partial charge is 0.396 e. The monoisotopic (exact) mass is 665 g/mol. The first-order valence-corrected chi connectivity index (χ1v) is 15.5. The van der Waals surface area contributed by atoms with Crippen molar-refractivity contribution in [2.75, 3.05) is 11.5 Å². The van der Waals surface area contributed by atoms with Crippen LogP contribution in [0.3, 0.4) is 0 Å². The minimum absolute atomic E-state index is 0.0891. The van der Waals surface area contributed by atoms with Crippen LogP contribution in [0.25, 0.3) is 0 Å². The van der Waals surface area contributed by atoms with E-state index in [9.17, 15) is 9.90 Å². The molecule has 0 aromatic heterocycles. The normalized spacial score (nSPS) is 27.9. The zero-order chi connectivity index (χ0) is 22.6. The number of carbonyl (C=O) groups is 1. The molecule has 2 aliphatic rings. The van der Waals surface area contributed by atoms with E-state index in [1.54, 1.807) is 18.0 Å². The SMILES string of the molecule is C[C@@H]1[C@@H]([Si](C)(C)F)[C@H](CCO)O[C@@]12C(=O)N(Cc1ccc(I)cc1)c1ccc(I)cc12. The highest BCUT2D eigenvalue weighted by atomic mass is 127. The van der Waals surface area contributed by atoms with Crippen molar-refractivity contribution in [3.8, 4) is 0 Å². The van der Waals surface area contributed by atoms with Crippen molar-refractivity contribution in [1.82, 2.24) is 0 Å². The van der Waals surface area contributed by atoms with Gasteiger partial charge in [0.1, 0.15) is 0 Å². The fourth-order valence-corrected chi connectivity index (χ4v) is 8.74. The molecule has 1 fully saturated rings. The van der Waals surface area contributed by atoms with Gasteiger partial charge in [0.15, 0.2) is 5.60 Å². The molecule has 0 radical (unpaired) electrons. The van der Waals surface area contributed by atoms with Crippen molar-refractivity contribution in [3.63, 3.8) is 0 Å². The lowest BCUT2D eigenvalue weighted by Gasteiger charge is -2.31. The van der Waals surface area contributed by atoms with Crippen LogP contribution in [-0.4, -0.2) is 32.1 Å². The summed E-state index contributed by atoms with van der Waals surface area (Å²) in [4.78, 5) is 15.8. The molecule has 1 amide bonds. The topological polar surface area (TPSA) is 49.8 Å². The predicted molar refractivity (Wildman–Crippen MR) is 139 cm³/mol. The van der Waals surface area contributed by atoms with E-state index in [1.807, 2.05) is 49.4 Å². The maximum atomic E-state index is 15.5. The van der Waals surface area contributed by atoms with Crippen LogP contribution in [0.1, 0.15) is 24.5 Å². The zero-order valence-electron chi connectivity index (χ0n) is 17.7. The van der Waals surface area contributed by atoms with E-state index in [0.29, 0.717) is 13.0 Å². The van der Waals surface area contributed by atoms with Crippen molar-refractivity contribution in [2.45, 2.75) is 50.2 Å². The van der Waals surface area contributed by atoms with Crippen LogP contribution >= 0.6 is 45.2 Å². The van der Waals surface area contributed by atoms with Gasteiger partial charge in [0.2, 0.25) is 8.41 Å². The summed E-state index contributed by atoms with van der Waals surface area (Å²) in [5.74, 6) is -0.443. The number of nitrogens with zero attached hydrogens (tertiary/aromatic N) is 1. The van der Waals surface area contributed by atoms with E-state index in [1.165, 1.54) is 0 Å². The Morgan fingerprint density at radius 3 is 2.42 bits per heavy atom. The first kappa shape index (κ1) is 23.6. The van der Waals surface area contributed by atoms with Gasteiger partial charge in [-0.2, -0.15) is 0 Å². The zero-order valence-corrected chi connectivity index (χ0v) is 23.1. The number of carbonyl (C=O) groups excluding carboxylic acids is 1. The number of amides is 1. The summed E-state index contributed by atoms with van der Waals surface area (Å²) in [6.45, 7) is 5.66. The number of anilines is 1. The Kier molecular flexibility index (Phi) is 6.59. The van der Waals surface area contributed by atoms with Gasteiger partial charge >= 0.3 is 0 Å². The smallest absolute Gasteiger partial charge is 0.264 e. The number of fused-ring (bicyclic) bond motifs is 2. The van der Waals surface area contributed by atoms with Crippen LogP contribution in [0.4, 0.5) is 9.80 Å². The standard InChI is InChI=1S/C23H26FI2NO3Si/c1-14-21(31(2,3)24)20(10-11-28)30-23(14)18-12-17(26)8-9-19(18)27(22(23)29)13-15-4-6-16(25)7-5-15/h4-9,12,14,20-21,28H,10-11,13H2,1-3H3/t14-,20+,21-,23+/m1/s1. The Hall–Kier alpha value is -0.563. The molecule has 166 valence electrons. The van der Waals surface area contributed by atoms with Gasteiger partial charge in [0.25, 0.3) is 5.91 Å². The lowest BCUT2D eigenvalue weighted by atomic mass is 9.82. The second kappa shape index (κ2) is 8.66. The number of halogens is 3. The highest BCUT2D eigenvalue weighted by Gasteiger charge is 2.66. The van der Waals surface area contributed by atoms with Crippen LogP contribution in [0.5, 0.6) is 0 Å². The van der Waals surface area contributed by atoms with Crippen molar-refractivity contribution < 1.29 is 18.7 Å². The summed E-state index contributed by atoms with van der Waals surface area (Å²) in [7, 11) is -3.16. The maximum absolute atomic E-state index is 15.5. The Balaban J connectivity index is 1.82. The summed E-state index contributed by atoms with van der Waals surface area (Å²) in [5.41, 5.74) is 1.11. The summed E-state index contributed by atoms with van der Waals surface area (Å²) < 4.78 is 24.1. The summed E-state index contributed by atoms with van der Waals surface area (Å²) >= 11 is 4.51. The van der Waals surface area contributed by atoms with E-state index < -0.39 is 20.1 Å². The number of ether oxygens (including phenoxy) is 1. The Morgan fingerprint density at radius 1 is 1.16 bits per heavy atom. The molecule has 2 aromatic carbocycles. The molecular formula is C23H26FI2NO3Si. The number of hydrogen-bond donors (Lipinski definition) is 1. The molecule has 4 rings (SSSR count). The number of aliphatic hydroxyl groups is 1. The molecule has 2 heterocycles. The van der Waals surface area contributed by atoms with Gasteiger partial charge in [-0.25, -0.2) is 0 Å². The molecule has 0 aliphatic carbocycles. The van der Waals surface area contributed by atoms with E-state index in [0.717, 1.165) is 24.0 Å². The van der Waals surface area contributed by atoms with Crippen LogP contribution in [0, 0.1) is 13.1 Å². The predicted octanol–water partition coefficient (Wildman–Crippen LogP) is 5.60. The number of hydrogen-bond acceptors (Lipinski definition) is 3. The molecule has 4 nitrogen and oxygen atoms in total. The molecule has 2 aromatic rings.